The van der Waals surface area contributed by atoms with E-state index in [2.05, 4.69) is 25.4 Å². The van der Waals surface area contributed by atoms with E-state index < -0.39 is 0 Å². The van der Waals surface area contributed by atoms with Crippen molar-refractivity contribution in [3.05, 3.63) is 53.5 Å². The molecule has 136 valence electrons. The van der Waals surface area contributed by atoms with Crippen molar-refractivity contribution in [2.75, 3.05) is 5.32 Å². The molecule has 4 rings (SSSR count). The van der Waals surface area contributed by atoms with E-state index in [4.69, 9.17) is 9.97 Å². The van der Waals surface area contributed by atoms with Crippen LogP contribution in [0.15, 0.2) is 30.6 Å². The third-order valence-corrected chi connectivity index (χ3v) is 4.24. The van der Waals surface area contributed by atoms with Crippen molar-refractivity contribution in [1.82, 2.24) is 34.7 Å². The number of aromatic nitrogens is 7. The maximum Gasteiger partial charge on any atom is 0.164 e. The second-order valence-electron chi connectivity index (χ2n) is 6.46. The summed E-state index contributed by atoms with van der Waals surface area (Å²) in [6.07, 6.45) is 3.46. The molecule has 0 aliphatic rings. The second kappa shape index (κ2) is 6.71. The first-order chi connectivity index (χ1) is 13.0. The van der Waals surface area contributed by atoms with Crippen LogP contribution in [0.4, 0.5) is 5.82 Å². The molecule has 8 heteroatoms. The Balaban J connectivity index is 1.78. The number of nitrogens with one attached hydrogen (secondary N) is 1. The zero-order valence-electron chi connectivity index (χ0n) is 15.7. The van der Waals surface area contributed by atoms with Gasteiger partial charge in [0, 0.05) is 36.4 Å². The quantitative estimate of drug-likeness (QED) is 0.598. The molecule has 0 spiro atoms. The number of rotatable bonds is 4. The van der Waals surface area contributed by atoms with Crippen LogP contribution in [0.2, 0.25) is 0 Å². The number of hydrogen-bond donors (Lipinski definition) is 1. The van der Waals surface area contributed by atoms with E-state index in [0.717, 1.165) is 45.3 Å². The van der Waals surface area contributed by atoms with Gasteiger partial charge in [0.25, 0.3) is 0 Å². The highest BCUT2D eigenvalue weighted by Gasteiger charge is 2.16. The molecular weight excluding hydrogens is 340 g/mol. The lowest BCUT2D eigenvalue weighted by Gasteiger charge is -2.10. The Labute approximate surface area is 156 Å². The monoisotopic (exact) mass is 360 g/mol. The summed E-state index contributed by atoms with van der Waals surface area (Å²) in [5, 5.41) is 8.78. The van der Waals surface area contributed by atoms with Crippen LogP contribution in [-0.2, 0) is 13.6 Å². The molecule has 0 amide bonds. The standard InChI is InChI=1S/C19H20N8/c1-11-9-12(2)23-15(22-11)10-21-18-16-13(3)26-27(4)19(16)25-17(24-18)14-5-7-20-8-6-14/h5-9H,10H2,1-4H3,(H,21,24,25). The Kier molecular flexibility index (Phi) is 4.23. The summed E-state index contributed by atoms with van der Waals surface area (Å²) < 4.78 is 1.77. The van der Waals surface area contributed by atoms with Crippen LogP contribution in [0, 0.1) is 20.8 Å². The SMILES string of the molecule is Cc1cc(C)nc(CNc2nc(-c3ccncc3)nc3c2c(C)nn3C)n1. The van der Waals surface area contributed by atoms with Gasteiger partial charge in [0.2, 0.25) is 0 Å². The lowest BCUT2D eigenvalue weighted by molar-refractivity contribution is 0.773. The van der Waals surface area contributed by atoms with Gasteiger partial charge in [-0.2, -0.15) is 5.10 Å². The summed E-state index contributed by atoms with van der Waals surface area (Å²) in [4.78, 5) is 22.5. The average molecular weight is 360 g/mol. The van der Waals surface area contributed by atoms with Crippen molar-refractivity contribution >= 4 is 16.9 Å². The van der Waals surface area contributed by atoms with Crippen LogP contribution in [0.25, 0.3) is 22.4 Å². The van der Waals surface area contributed by atoms with E-state index in [9.17, 15) is 0 Å². The van der Waals surface area contributed by atoms with Gasteiger partial charge >= 0.3 is 0 Å². The molecule has 0 aliphatic carbocycles. The summed E-state index contributed by atoms with van der Waals surface area (Å²) >= 11 is 0. The number of anilines is 1. The van der Waals surface area contributed by atoms with E-state index in [0.29, 0.717) is 12.4 Å². The summed E-state index contributed by atoms with van der Waals surface area (Å²) in [6.45, 7) is 6.36. The van der Waals surface area contributed by atoms with Crippen LogP contribution >= 0.6 is 0 Å². The molecule has 0 unspecified atom stereocenters. The van der Waals surface area contributed by atoms with Gasteiger partial charge in [0.1, 0.15) is 11.6 Å². The number of nitrogens with zero attached hydrogens (tertiary/aromatic N) is 7. The highest BCUT2D eigenvalue weighted by atomic mass is 15.3. The van der Waals surface area contributed by atoms with Crippen molar-refractivity contribution in [2.45, 2.75) is 27.3 Å². The molecule has 27 heavy (non-hydrogen) atoms. The molecule has 0 bridgehead atoms. The van der Waals surface area contributed by atoms with Crippen molar-refractivity contribution < 1.29 is 0 Å². The predicted molar refractivity (Wildman–Crippen MR) is 103 cm³/mol. The van der Waals surface area contributed by atoms with Crippen molar-refractivity contribution in [3.63, 3.8) is 0 Å². The van der Waals surface area contributed by atoms with Gasteiger partial charge in [0.15, 0.2) is 11.5 Å². The predicted octanol–water partition coefficient (Wildman–Crippen LogP) is 2.75. The Hall–Kier alpha value is -3.42. The zero-order chi connectivity index (χ0) is 19.0. The van der Waals surface area contributed by atoms with Gasteiger partial charge < -0.3 is 5.32 Å². The molecule has 0 saturated heterocycles. The molecule has 4 aromatic heterocycles. The fourth-order valence-electron chi connectivity index (χ4n) is 3.14. The second-order valence-corrected chi connectivity index (χ2v) is 6.46. The number of pyridine rings is 1. The summed E-state index contributed by atoms with van der Waals surface area (Å²) in [7, 11) is 1.88. The van der Waals surface area contributed by atoms with E-state index in [1.54, 1.807) is 17.1 Å². The van der Waals surface area contributed by atoms with Gasteiger partial charge in [-0.25, -0.2) is 19.9 Å². The summed E-state index contributed by atoms with van der Waals surface area (Å²) in [5.74, 6) is 2.07. The third kappa shape index (κ3) is 3.33. The van der Waals surface area contributed by atoms with Crippen molar-refractivity contribution in [1.29, 1.82) is 0 Å². The third-order valence-electron chi connectivity index (χ3n) is 4.24. The maximum absolute atomic E-state index is 4.75. The average Bonchev–Trinajstić information content (AvgIpc) is 2.94. The molecule has 4 aromatic rings. The highest BCUT2D eigenvalue weighted by Crippen LogP contribution is 2.27. The van der Waals surface area contributed by atoms with Gasteiger partial charge in [-0.3, -0.25) is 9.67 Å². The summed E-state index contributed by atoms with van der Waals surface area (Å²) in [5.41, 5.74) is 4.44. The van der Waals surface area contributed by atoms with Gasteiger partial charge in [-0.1, -0.05) is 0 Å². The molecule has 0 aliphatic heterocycles. The van der Waals surface area contributed by atoms with Crippen LogP contribution in [0.1, 0.15) is 22.9 Å². The molecule has 0 atom stereocenters. The van der Waals surface area contributed by atoms with Crippen LogP contribution in [0.5, 0.6) is 0 Å². The maximum atomic E-state index is 4.75. The van der Waals surface area contributed by atoms with Crippen molar-refractivity contribution in [3.8, 4) is 11.4 Å². The Morgan fingerprint density at radius 3 is 2.37 bits per heavy atom. The minimum absolute atomic E-state index is 0.471. The molecule has 0 radical (unpaired) electrons. The number of fused-ring (bicyclic) bond motifs is 1. The van der Waals surface area contributed by atoms with Gasteiger partial charge in [0.05, 0.1) is 17.6 Å². The normalized spacial score (nSPS) is 11.1. The number of aryl methyl sites for hydroxylation is 4. The highest BCUT2D eigenvalue weighted by molar-refractivity contribution is 5.90. The molecule has 8 nitrogen and oxygen atoms in total. The molecular formula is C19H20N8. The van der Waals surface area contributed by atoms with E-state index >= 15 is 0 Å². The molecule has 0 saturated carbocycles. The van der Waals surface area contributed by atoms with E-state index in [1.165, 1.54) is 0 Å². The first-order valence-electron chi connectivity index (χ1n) is 8.68. The fraction of sp³-hybridized carbons (Fsp3) is 0.263. The van der Waals surface area contributed by atoms with Crippen LogP contribution in [-0.4, -0.2) is 34.7 Å². The van der Waals surface area contributed by atoms with Gasteiger partial charge in [-0.05, 0) is 39.0 Å². The minimum Gasteiger partial charge on any atom is -0.362 e. The molecule has 4 heterocycles. The topological polar surface area (TPSA) is 94.3 Å². The molecule has 0 fully saturated rings. The molecule has 0 aromatic carbocycles. The van der Waals surface area contributed by atoms with Crippen LogP contribution < -0.4 is 5.32 Å². The zero-order valence-corrected chi connectivity index (χ0v) is 15.7. The number of hydrogen-bond acceptors (Lipinski definition) is 7. The largest absolute Gasteiger partial charge is 0.362 e. The van der Waals surface area contributed by atoms with E-state index in [-0.39, 0.29) is 0 Å². The minimum atomic E-state index is 0.471. The van der Waals surface area contributed by atoms with E-state index in [1.807, 2.05) is 46.0 Å². The lowest BCUT2D eigenvalue weighted by Crippen LogP contribution is -2.09. The first-order valence-corrected chi connectivity index (χ1v) is 8.68. The Morgan fingerprint density at radius 1 is 0.963 bits per heavy atom. The smallest absolute Gasteiger partial charge is 0.164 e. The Bertz CT molecular complexity index is 1100. The Morgan fingerprint density at radius 2 is 1.67 bits per heavy atom. The van der Waals surface area contributed by atoms with Crippen molar-refractivity contribution in [2.24, 2.45) is 7.05 Å². The fourth-order valence-corrected chi connectivity index (χ4v) is 3.14. The van der Waals surface area contributed by atoms with Crippen LogP contribution in [0.3, 0.4) is 0 Å². The first kappa shape index (κ1) is 17.0. The molecule has 1 N–H and O–H groups in total. The lowest BCUT2D eigenvalue weighted by atomic mass is 10.2. The summed E-state index contributed by atoms with van der Waals surface area (Å²) in [6, 6.07) is 5.74. The van der Waals surface area contributed by atoms with Gasteiger partial charge in [-0.15, -0.1) is 0 Å².